The van der Waals surface area contributed by atoms with Gasteiger partial charge in [0, 0.05) is 23.5 Å². The lowest BCUT2D eigenvalue weighted by atomic mass is 10.1. The van der Waals surface area contributed by atoms with Crippen LogP contribution in [-0.2, 0) is 6.54 Å². The Morgan fingerprint density at radius 1 is 1.00 bits per heavy atom. The van der Waals surface area contributed by atoms with Gasteiger partial charge in [-0.3, -0.25) is 4.79 Å². The predicted octanol–water partition coefficient (Wildman–Crippen LogP) is 3.59. The molecule has 0 bridgehead atoms. The second-order valence-electron chi connectivity index (χ2n) is 7.49. The number of methoxy groups -OCH3 is 2. The van der Waals surface area contributed by atoms with Crippen LogP contribution in [-0.4, -0.2) is 38.5 Å². The predicted molar refractivity (Wildman–Crippen MR) is 122 cm³/mol. The molecule has 0 saturated carbocycles. The van der Waals surface area contributed by atoms with Crippen molar-refractivity contribution in [3.8, 4) is 34.1 Å². The lowest BCUT2D eigenvalue weighted by Crippen LogP contribution is -2.21. The molecule has 2 aromatic carbocycles. The van der Waals surface area contributed by atoms with Gasteiger partial charge in [0.25, 0.3) is 5.56 Å². The van der Waals surface area contributed by atoms with Crippen molar-refractivity contribution in [1.82, 2.24) is 24.3 Å². The van der Waals surface area contributed by atoms with Gasteiger partial charge >= 0.3 is 0 Å². The van der Waals surface area contributed by atoms with E-state index in [9.17, 15) is 4.79 Å². The van der Waals surface area contributed by atoms with Gasteiger partial charge in [0.2, 0.25) is 11.7 Å². The molecule has 0 amide bonds. The minimum atomic E-state index is -0.198. The molecule has 0 aliphatic carbocycles. The summed E-state index contributed by atoms with van der Waals surface area (Å²) in [5, 5.41) is 8.60. The fraction of sp³-hybridized carbons (Fsp3) is 0.167. The fourth-order valence-corrected chi connectivity index (χ4v) is 3.70. The van der Waals surface area contributed by atoms with Crippen LogP contribution in [0.1, 0.15) is 11.5 Å². The highest BCUT2D eigenvalue weighted by Crippen LogP contribution is 2.31. The molecule has 3 aromatic heterocycles. The minimum absolute atomic E-state index is 0.139. The summed E-state index contributed by atoms with van der Waals surface area (Å²) in [5.41, 5.74) is 3.81. The van der Waals surface area contributed by atoms with Crippen LogP contribution in [0.15, 0.2) is 70.2 Å². The Bertz CT molecular complexity index is 1520. The van der Waals surface area contributed by atoms with Gasteiger partial charge in [0.05, 0.1) is 19.9 Å². The molecular formula is C24H21N5O4. The van der Waals surface area contributed by atoms with E-state index in [-0.39, 0.29) is 12.1 Å². The van der Waals surface area contributed by atoms with Crippen LogP contribution in [0.25, 0.3) is 28.2 Å². The first-order valence-electron chi connectivity index (χ1n) is 10.3. The molecule has 0 atom stereocenters. The fourth-order valence-electron chi connectivity index (χ4n) is 3.70. The third kappa shape index (κ3) is 3.73. The number of fused-ring (bicyclic) bond motifs is 1. The molecule has 5 aromatic rings. The summed E-state index contributed by atoms with van der Waals surface area (Å²) >= 11 is 0. The number of hydrogen-bond acceptors (Lipinski definition) is 7. The van der Waals surface area contributed by atoms with Crippen LogP contribution in [0.3, 0.4) is 0 Å². The summed E-state index contributed by atoms with van der Waals surface area (Å²) in [7, 11) is 3.13. The first kappa shape index (κ1) is 20.5. The Hall–Kier alpha value is -4.40. The van der Waals surface area contributed by atoms with Crippen LogP contribution >= 0.6 is 0 Å². The average molecular weight is 443 g/mol. The Kier molecular flexibility index (Phi) is 5.14. The number of ether oxygens (including phenoxy) is 2. The van der Waals surface area contributed by atoms with Crippen molar-refractivity contribution in [2.24, 2.45) is 0 Å². The Morgan fingerprint density at radius 2 is 1.82 bits per heavy atom. The van der Waals surface area contributed by atoms with E-state index in [0.29, 0.717) is 34.3 Å². The molecular weight excluding hydrogens is 422 g/mol. The maximum atomic E-state index is 13.1. The smallest absolute Gasteiger partial charge is 0.277 e. The quantitative estimate of drug-likeness (QED) is 0.396. The molecule has 9 nitrogen and oxygen atoms in total. The second kappa shape index (κ2) is 8.27. The van der Waals surface area contributed by atoms with Crippen LogP contribution in [0.5, 0.6) is 11.5 Å². The average Bonchev–Trinajstić information content (AvgIpc) is 3.48. The monoisotopic (exact) mass is 443 g/mol. The van der Waals surface area contributed by atoms with Gasteiger partial charge in [0.1, 0.15) is 12.1 Å². The van der Waals surface area contributed by atoms with E-state index in [4.69, 9.17) is 14.0 Å². The number of benzene rings is 2. The Morgan fingerprint density at radius 3 is 2.61 bits per heavy atom. The standard InChI is InChI=1S/C24H21N5O4/c1-15-6-4-5-7-17(15)18-13-19-24(30)28(10-11-29(19)26-18)14-22-25-23(27-33-22)16-8-9-20(31-2)21(12-16)32-3/h4-13H,14H2,1-3H3. The van der Waals surface area contributed by atoms with E-state index in [1.54, 1.807) is 49.3 Å². The van der Waals surface area contributed by atoms with Gasteiger partial charge in [-0.1, -0.05) is 29.4 Å². The zero-order chi connectivity index (χ0) is 22.9. The van der Waals surface area contributed by atoms with E-state index >= 15 is 0 Å². The lowest BCUT2D eigenvalue weighted by Gasteiger charge is -2.07. The van der Waals surface area contributed by atoms with Gasteiger partial charge in [-0.15, -0.1) is 0 Å². The second-order valence-corrected chi connectivity index (χ2v) is 7.49. The highest BCUT2D eigenvalue weighted by atomic mass is 16.5. The number of hydrogen-bond donors (Lipinski definition) is 0. The normalized spacial score (nSPS) is 11.1. The minimum Gasteiger partial charge on any atom is -0.493 e. The molecule has 166 valence electrons. The summed E-state index contributed by atoms with van der Waals surface area (Å²) in [5.74, 6) is 1.88. The third-order valence-corrected chi connectivity index (χ3v) is 5.44. The largest absolute Gasteiger partial charge is 0.493 e. The topological polar surface area (TPSA) is 96.7 Å². The summed E-state index contributed by atoms with van der Waals surface area (Å²) in [4.78, 5) is 17.5. The molecule has 5 rings (SSSR count). The van der Waals surface area contributed by atoms with E-state index in [1.807, 2.05) is 37.3 Å². The van der Waals surface area contributed by atoms with Gasteiger partial charge in [-0.05, 0) is 36.8 Å². The molecule has 0 radical (unpaired) electrons. The van der Waals surface area contributed by atoms with E-state index in [0.717, 1.165) is 16.8 Å². The zero-order valence-electron chi connectivity index (χ0n) is 18.3. The van der Waals surface area contributed by atoms with E-state index < -0.39 is 0 Å². The molecule has 0 aliphatic rings. The van der Waals surface area contributed by atoms with Crippen molar-refractivity contribution in [3.05, 3.63) is 82.7 Å². The van der Waals surface area contributed by atoms with Crippen LogP contribution in [0.2, 0.25) is 0 Å². The van der Waals surface area contributed by atoms with Crippen molar-refractivity contribution in [2.45, 2.75) is 13.5 Å². The molecule has 0 aliphatic heterocycles. The van der Waals surface area contributed by atoms with Gasteiger partial charge in [-0.2, -0.15) is 10.1 Å². The first-order valence-corrected chi connectivity index (χ1v) is 10.3. The third-order valence-electron chi connectivity index (χ3n) is 5.44. The van der Waals surface area contributed by atoms with Crippen molar-refractivity contribution in [2.75, 3.05) is 14.2 Å². The molecule has 0 saturated heterocycles. The van der Waals surface area contributed by atoms with Crippen LogP contribution in [0, 0.1) is 6.92 Å². The van der Waals surface area contributed by atoms with Gasteiger partial charge in [-0.25, -0.2) is 4.52 Å². The number of aryl methyl sites for hydroxylation is 1. The van der Waals surface area contributed by atoms with E-state index in [1.165, 1.54) is 4.57 Å². The summed E-state index contributed by atoms with van der Waals surface area (Å²) in [6.45, 7) is 2.16. The summed E-state index contributed by atoms with van der Waals surface area (Å²) in [6, 6.07) is 15.1. The van der Waals surface area contributed by atoms with Gasteiger partial charge in [0.15, 0.2) is 11.5 Å². The van der Waals surface area contributed by atoms with Crippen molar-refractivity contribution >= 4 is 5.52 Å². The molecule has 0 N–H and O–H groups in total. The highest BCUT2D eigenvalue weighted by Gasteiger charge is 2.15. The van der Waals surface area contributed by atoms with Gasteiger partial charge < -0.3 is 18.6 Å². The summed E-state index contributed by atoms with van der Waals surface area (Å²) in [6.07, 6.45) is 3.40. The van der Waals surface area contributed by atoms with Crippen molar-refractivity contribution in [1.29, 1.82) is 0 Å². The van der Waals surface area contributed by atoms with Crippen molar-refractivity contribution in [3.63, 3.8) is 0 Å². The number of nitrogens with zero attached hydrogens (tertiary/aromatic N) is 5. The number of rotatable bonds is 6. The number of aromatic nitrogens is 5. The maximum absolute atomic E-state index is 13.1. The van der Waals surface area contributed by atoms with Crippen LogP contribution < -0.4 is 15.0 Å². The Balaban J connectivity index is 1.44. The zero-order valence-corrected chi connectivity index (χ0v) is 18.3. The molecule has 0 spiro atoms. The van der Waals surface area contributed by atoms with Crippen LogP contribution in [0.4, 0.5) is 0 Å². The SMILES string of the molecule is COc1ccc(-c2noc(Cn3ccn4nc(-c5ccccc5C)cc4c3=O)n2)cc1OC. The molecule has 0 fully saturated rings. The lowest BCUT2D eigenvalue weighted by molar-refractivity contribution is 0.355. The molecule has 33 heavy (non-hydrogen) atoms. The molecule has 9 heteroatoms. The maximum Gasteiger partial charge on any atom is 0.277 e. The Labute approximate surface area is 188 Å². The summed E-state index contributed by atoms with van der Waals surface area (Å²) < 4.78 is 19.1. The highest BCUT2D eigenvalue weighted by molar-refractivity contribution is 5.68. The molecule has 0 unspecified atom stereocenters. The molecule has 3 heterocycles. The van der Waals surface area contributed by atoms with Crippen molar-refractivity contribution < 1.29 is 14.0 Å². The van der Waals surface area contributed by atoms with E-state index in [2.05, 4.69) is 15.2 Å². The first-order chi connectivity index (χ1) is 16.1.